The minimum Gasteiger partial charge on any atom is -0.378 e. The van der Waals surface area contributed by atoms with Crippen LogP contribution in [0.25, 0.3) is 0 Å². The van der Waals surface area contributed by atoms with Crippen molar-refractivity contribution in [3.63, 3.8) is 0 Å². The van der Waals surface area contributed by atoms with E-state index in [2.05, 4.69) is 28.2 Å². The van der Waals surface area contributed by atoms with Gasteiger partial charge in [0.15, 0.2) is 0 Å². The van der Waals surface area contributed by atoms with E-state index in [1.165, 1.54) is 12.1 Å². The first-order chi connectivity index (χ1) is 7.06. The van der Waals surface area contributed by atoms with Crippen molar-refractivity contribution in [3.8, 4) is 0 Å². The maximum Gasteiger partial charge on any atom is 0.150 e. The van der Waals surface area contributed by atoms with E-state index in [9.17, 15) is 8.78 Å². The number of rotatable bonds is 2. The van der Waals surface area contributed by atoms with Crippen molar-refractivity contribution in [1.82, 2.24) is 0 Å². The fourth-order valence-corrected chi connectivity index (χ4v) is 2.31. The molecule has 4 heteroatoms. The zero-order chi connectivity index (χ0) is 11.0. The second-order valence-corrected chi connectivity index (χ2v) is 5.08. The fraction of sp³-hybridized carbons (Fsp3) is 0.455. The molecule has 1 aliphatic carbocycles. The molecule has 0 aliphatic heterocycles. The minimum atomic E-state index is -0.540. The van der Waals surface area contributed by atoms with Crippen molar-refractivity contribution >= 4 is 21.6 Å². The average Bonchev–Trinajstić information content (AvgIpc) is 2.07. The van der Waals surface area contributed by atoms with Gasteiger partial charge in [-0.1, -0.05) is 22.9 Å². The van der Waals surface area contributed by atoms with Gasteiger partial charge < -0.3 is 5.32 Å². The Bertz CT molecular complexity index is 352. The molecule has 1 aromatic rings. The van der Waals surface area contributed by atoms with E-state index in [0.29, 0.717) is 10.4 Å². The monoisotopic (exact) mass is 275 g/mol. The van der Waals surface area contributed by atoms with Crippen molar-refractivity contribution in [2.75, 3.05) is 5.32 Å². The Morgan fingerprint density at radius 1 is 1.27 bits per heavy atom. The lowest BCUT2D eigenvalue weighted by Gasteiger charge is -2.34. The molecule has 1 aliphatic rings. The summed E-state index contributed by atoms with van der Waals surface area (Å²) in [7, 11) is 0. The average molecular weight is 276 g/mol. The quantitative estimate of drug-likeness (QED) is 0.862. The van der Waals surface area contributed by atoms with Crippen LogP contribution in [0.2, 0.25) is 0 Å². The molecule has 0 bridgehead atoms. The zero-order valence-corrected chi connectivity index (χ0v) is 9.94. The Morgan fingerprint density at radius 3 is 2.27 bits per heavy atom. The molecule has 0 spiro atoms. The van der Waals surface area contributed by atoms with Gasteiger partial charge in [0.2, 0.25) is 0 Å². The maximum absolute atomic E-state index is 13.4. The van der Waals surface area contributed by atoms with Crippen LogP contribution in [0.4, 0.5) is 14.5 Å². The summed E-state index contributed by atoms with van der Waals surface area (Å²) in [5, 5.41) is 2.90. The summed E-state index contributed by atoms with van der Waals surface area (Å²) < 4.78 is 27.2. The SMILES string of the molecule is CC1CC(Nc2c(F)cc(Br)cc2F)C1. The van der Waals surface area contributed by atoms with Crippen molar-refractivity contribution in [2.45, 2.75) is 25.8 Å². The Balaban J connectivity index is 2.14. The van der Waals surface area contributed by atoms with Gasteiger partial charge in [-0.2, -0.15) is 0 Å². The first kappa shape index (κ1) is 10.9. The van der Waals surface area contributed by atoms with Crippen molar-refractivity contribution in [3.05, 3.63) is 28.2 Å². The normalized spacial score (nSPS) is 24.8. The van der Waals surface area contributed by atoms with E-state index >= 15 is 0 Å². The maximum atomic E-state index is 13.4. The van der Waals surface area contributed by atoms with Crippen LogP contribution in [0, 0.1) is 17.6 Å². The molecule has 1 N–H and O–H groups in total. The Kier molecular flexibility index (Phi) is 2.96. The lowest BCUT2D eigenvalue weighted by atomic mass is 9.82. The molecule has 0 unspecified atom stereocenters. The van der Waals surface area contributed by atoms with Gasteiger partial charge in [-0.3, -0.25) is 0 Å². The van der Waals surface area contributed by atoms with Crippen molar-refractivity contribution in [2.24, 2.45) is 5.92 Å². The van der Waals surface area contributed by atoms with Gasteiger partial charge in [0.1, 0.15) is 17.3 Å². The lowest BCUT2D eigenvalue weighted by Crippen LogP contribution is -2.34. The molecule has 1 aromatic carbocycles. The Labute approximate surface area is 96.0 Å². The van der Waals surface area contributed by atoms with E-state index in [4.69, 9.17) is 0 Å². The number of halogens is 3. The molecule has 0 atom stereocenters. The van der Waals surface area contributed by atoms with Crippen molar-refractivity contribution < 1.29 is 8.78 Å². The van der Waals surface area contributed by atoms with Crippen LogP contribution in [0.15, 0.2) is 16.6 Å². The molecule has 1 saturated carbocycles. The van der Waals surface area contributed by atoms with Gasteiger partial charge in [-0.15, -0.1) is 0 Å². The highest BCUT2D eigenvalue weighted by Crippen LogP contribution is 2.32. The summed E-state index contributed by atoms with van der Waals surface area (Å²) in [5.41, 5.74) is -0.00454. The number of nitrogens with one attached hydrogen (secondary N) is 1. The molecule has 0 amide bonds. The molecular formula is C11H12BrF2N. The predicted octanol–water partition coefficient (Wildman–Crippen LogP) is 3.94. The standard InChI is InChI=1S/C11H12BrF2N/c1-6-2-8(3-6)15-11-9(13)4-7(12)5-10(11)14/h4-6,8,15H,2-3H2,1H3. The first-order valence-corrected chi connectivity index (χ1v) is 5.76. The topological polar surface area (TPSA) is 12.0 Å². The highest BCUT2D eigenvalue weighted by molar-refractivity contribution is 9.10. The molecule has 1 fully saturated rings. The third-order valence-corrected chi connectivity index (χ3v) is 3.19. The van der Waals surface area contributed by atoms with Gasteiger partial charge in [0, 0.05) is 10.5 Å². The van der Waals surface area contributed by atoms with Crippen molar-refractivity contribution in [1.29, 1.82) is 0 Å². The van der Waals surface area contributed by atoms with Crippen LogP contribution in [-0.4, -0.2) is 6.04 Å². The summed E-state index contributed by atoms with van der Waals surface area (Å²) in [4.78, 5) is 0. The van der Waals surface area contributed by atoms with Gasteiger partial charge >= 0.3 is 0 Å². The molecule has 82 valence electrons. The predicted molar refractivity (Wildman–Crippen MR) is 59.9 cm³/mol. The van der Waals surface area contributed by atoms with Gasteiger partial charge in [0.25, 0.3) is 0 Å². The molecule has 1 nitrogen and oxygen atoms in total. The molecule has 0 aromatic heterocycles. The molecule has 0 saturated heterocycles. The highest BCUT2D eigenvalue weighted by Gasteiger charge is 2.26. The molecular weight excluding hydrogens is 264 g/mol. The highest BCUT2D eigenvalue weighted by atomic mass is 79.9. The third-order valence-electron chi connectivity index (χ3n) is 2.73. The molecule has 0 heterocycles. The van der Waals surface area contributed by atoms with Crippen LogP contribution < -0.4 is 5.32 Å². The second-order valence-electron chi connectivity index (χ2n) is 4.16. The number of hydrogen-bond acceptors (Lipinski definition) is 1. The summed E-state index contributed by atoms with van der Waals surface area (Å²) in [6.07, 6.45) is 1.96. The van der Waals surface area contributed by atoms with Crippen LogP contribution in [0.1, 0.15) is 19.8 Å². The van der Waals surface area contributed by atoms with Gasteiger partial charge in [-0.25, -0.2) is 8.78 Å². The van der Waals surface area contributed by atoms with Crippen LogP contribution >= 0.6 is 15.9 Å². The van der Waals surface area contributed by atoms with Crippen LogP contribution in [0.3, 0.4) is 0 Å². The smallest absolute Gasteiger partial charge is 0.150 e. The van der Waals surface area contributed by atoms with Crippen LogP contribution in [-0.2, 0) is 0 Å². The third kappa shape index (κ3) is 2.30. The lowest BCUT2D eigenvalue weighted by molar-refractivity contribution is 0.307. The molecule has 0 radical (unpaired) electrons. The largest absolute Gasteiger partial charge is 0.378 e. The number of benzene rings is 1. The summed E-state index contributed by atoms with van der Waals surface area (Å²) >= 11 is 3.05. The second kappa shape index (κ2) is 4.08. The van der Waals surface area contributed by atoms with E-state index < -0.39 is 11.6 Å². The van der Waals surface area contributed by atoms with E-state index in [0.717, 1.165) is 12.8 Å². The summed E-state index contributed by atoms with van der Waals surface area (Å²) in [6, 6.07) is 2.76. The number of anilines is 1. The molecule has 15 heavy (non-hydrogen) atoms. The summed E-state index contributed by atoms with van der Waals surface area (Å²) in [6.45, 7) is 2.13. The van der Waals surface area contributed by atoms with Gasteiger partial charge in [-0.05, 0) is 30.9 Å². The van der Waals surface area contributed by atoms with Gasteiger partial charge in [0.05, 0.1) is 0 Å². The molecule has 2 rings (SSSR count). The number of hydrogen-bond donors (Lipinski definition) is 1. The Morgan fingerprint density at radius 2 is 1.80 bits per heavy atom. The fourth-order valence-electron chi connectivity index (χ4n) is 1.90. The first-order valence-electron chi connectivity index (χ1n) is 4.97. The minimum absolute atomic E-state index is 0.00454. The van der Waals surface area contributed by atoms with E-state index in [-0.39, 0.29) is 11.7 Å². The summed E-state index contributed by atoms with van der Waals surface area (Å²) in [5.74, 6) is -0.424. The Hall–Kier alpha value is -0.640. The van der Waals surface area contributed by atoms with E-state index in [1.807, 2.05) is 0 Å². The van der Waals surface area contributed by atoms with E-state index in [1.54, 1.807) is 0 Å². The van der Waals surface area contributed by atoms with Crippen LogP contribution in [0.5, 0.6) is 0 Å². The zero-order valence-electron chi connectivity index (χ0n) is 8.36.